The van der Waals surface area contributed by atoms with Gasteiger partial charge in [0.15, 0.2) is 0 Å². The number of aryl methyl sites for hydroxylation is 1. The molecule has 0 aliphatic carbocycles. The maximum atomic E-state index is 11.4. The lowest BCUT2D eigenvalue weighted by Gasteiger charge is -2.01. The molecule has 1 aromatic rings. The van der Waals surface area contributed by atoms with Gasteiger partial charge >= 0.3 is 0 Å². The first kappa shape index (κ1) is 10.8. The predicted molar refractivity (Wildman–Crippen MR) is 52.7 cm³/mol. The molecule has 0 unspecified atom stereocenters. The Morgan fingerprint density at radius 3 is 3.07 bits per heavy atom. The van der Waals surface area contributed by atoms with Gasteiger partial charge in [-0.1, -0.05) is 0 Å². The van der Waals surface area contributed by atoms with E-state index < -0.39 is 0 Å². The highest BCUT2D eigenvalue weighted by Gasteiger charge is 2.08. The first-order chi connectivity index (χ1) is 6.77. The molecule has 0 saturated carbocycles. The maximum Gasteiger partial charge on any atom is 0.140 e. The topological polar surface area (TPSA) is 73.8 Å². The summed E-state index contributed by atoms with van der Waals surface area (Å²) in [7, 11) is 0. The van der Waals surface area contributed by atoms with Crippen LogP contribution in [0, 0.1) is 0 Å². The molecule has 78 valence electrons. The van der Waals surface area contributed by atoms with Crippen LogP contribution >= 0.6 is 0 Å². The van der Waals surface area contributed by atoms with Gasteiger partial charge in [-0.2, -0.15) is 5.10 Å². The van der Waals surface area contributed by atoms with E-state index in [0.717, 1.165) is 18.8 Å². The minimum Gasteiger partial charge on any atom is -0.330 e. The molecule has 2 N–H and O–H groups in total. The number of rotatable bonds is 6. The molecule has 1 rings (SSSR count). The molecule has 1 heterocycles. The number of nitrogens with zero attached hydrogens (tertiary/aromatic N) is 3. The standard InChI is InChI=1S/C9H16N4O/c1-2-13-9(11-7-12-13)6-8(14)4-3-5-10/h7H,2-6,10H2,1H3. The highest BCUT2D eigenvalue weighted by atomic mass is 16.1. The van der Waals surface area contributed by atoms with E-state index in [1.165, 1.54) is 6.33 Å². The first-order valence-electron chi connectivity index (χ1n) is 4.86. The van der Waals surface area contributed by atoms with Crippen molar-refractivity contribution in [2.75, 3.05) is 6.54 Å². The SMILES string of the molecule is CCn1ncnc1CC(=O)CCCN. The van der Waals surface area contributed by atoms with Gasteiger partial charge in [0.1, 0.15) is 17.9 Å². The van der Waals surface area contributed by atoms with E-state index in [1.807, 2.05) is 6.92 Å². The molecule has 5 nitrogen and oxygen atoms in total. The zero-order valence-corrected chi connectivity index (χ0v) is 8.44. The lowest BCUT2D eigenvalue weighted by atomic mass is 10.1. The van der Waals surface area contributed by atoms with Crippen molar-refractivity contribution >= 4 is 5.78 Å². The summed E-state index contributed by atoms with van der Waals surface area (Å²) in [6.45, 7) is 3.29. The molecule has 14 heavy (non-hydrogen) atoms. The van der Waals surface area contributed by atoms with Gasteiger partial charge in [0, 0.05) is 13.0 Å². The Morgan fingerprint density at radius 1 is 1.64 bits per heavy atom. The second-order valence-electron chi connectivity index (χ2n) is 3.10. The smallest absolute Gasteiger partial charge is 0.140 e. The van der Waals surface area contributed by atoms with Crippen molar-refractivity contribution in [2.45, 2.75) is 32.7 Å². The van der Waals surface area contributed by atoms with E-state index >= 15 is 0 Å². The molecule has 0 aliphatic rings. The quantitative estimate of drug-likeness (QED) is 0.702. The maximum absolute atomic E-state index is 11.4. The minimum absolute atomic E-state index is 0.179. The van der Waals surface area contributed by atoms with Crippen molar-refractivity contribution in [1.82, 2.24) is 14.8 Å². The van der Waals surface area contributed by atoms with Crippen LogP contribution in [0.1, 0.15) is 25.6 Å². The molecule has 0 amide bonds. The van der Waals surface area contributed by atoms with E-state index in [4.69, 9.17) is 5.73 Å². The molecular weight excluding hydrogens is 180 g/mol. The summed E-state index contributed by atoms with van der Waals surface area (Å²) in [5, 5.41) is 4.00. The molecule has 0 bridgehead atoms. The third-order valence-electron chi connectivity index (χ3n) is 2.01. The summed E-state index contributed by atoms with van der Waals surface area (Å²) in [6, 6.07) is 0. The predicted octanol–water partition coefficient (Wildman–Crippen LogP) is 0.148. The van der Waals surface area contributed by atoms with E-state index in [9.17, 15) is 4.79 Å². The summed E-state index contributed by atoms with van der Waals surface area (Å²) in [6.07, 6.45) is 3.13. The summed E-state index contributed by atoms with van der Waals surface area (Å²) < 4.78 is 1.74. The molecule has 1 aromatic heterocycles. The zero-order valence-electron chi connectivity index (χ0n) is 8.44. The van der Waals surface area contributed by atoms with Crippen molar-refractivity contribution in [3.8, 4) is 0 Å². The van der Waals surface area contributed by atoms with E-state index in [-0.39, 0.29) is 5.78 Å². The summed E-state index contributed by atoms with van der Waals surface area (Å²) in [4.78, 5) is 15.4. The highest BCUT2D eigenvalue weighted by Crippen LogP contribution is 1.99. The summed E-state index contributed by atoms with van der Waals surface area (Å²) in [5.74, 6) is 0.924. The molecule has 0 radical (unpaired) electrons. The van der Waals surface area contributed by atoms with Crippen molar-refractivity contribution in [1.29, 1.82) is 0 Å². The fourth-order valence-corrected chi connectivity index (χ4v) is 1.25. The van der Waals surface area contributed by atoms with Crippen LogP contribution in [0.5, 0.6) is 0 Å². The number of hydrogen-bond donors (Lipinski definition) is 1. The van der Waals surface area contributed by atoms with E-state index in [2.05, 4.69) is 10.1 Å². The highest BCUT2D eigenvalue weighted by molar-refractivity contribution is 5.80. The van der Waals surface area contributed by atoms with Crippen LogP contribution in [0.2, 0.25) is 0 Å². The first-order valence-corrected chi connectivity index (χ1v) is 4.86. The van der Waals surface area contributed by atoms with E-state index in [1.54, 1.807) is 4.68 Å². The Hall–Kier alpha value is -1.23. The van der Waals surface area contributed by atoms with Crippen LogP contribution in [0.25, 0.3) is 0 Å². The zero-order chi connectivity index (χ0) is 10.4. The Balaban J connectivity index is 2.47. The van der Waals surface area contributed by atoms with Gasteiger partial charge in [-0.25, -0.2) is 9.67 Å². The number of aromatic nitrogens is 3. The van der Waals surface area contributed by atoms with Crippen LogP contribution < -0.4 is 5.73 Å². The average molecular weight is 196 g/mol. The van der Waals surface area contributed by atoms with Crippen molar-refractivity contribution in [3.05, 3.63) is 12.2 Å². The van der Waals surface area contributed by atoms with E-state index in [0.29, 0.717) is 19.4 Å². The van der Waals surface area contributed by atoms with Crippen molar-refractivity contribution in [3.63, 3.8) is 0 Å². The molecule has 0 fully saturated rings. The van der Waals surface area contributed by atoms with Crippen molar-refractivity contribution in [2.24, 2.45) is 5.73 Å². The fourth-order valence-electron chi connectivity index (χ4n) is 1.25. The summed E-state index contributed by atoms with van der Waals surface area (Å²) in [5.41, 5.74) is 5.32. The second kappa shape index (κ2) is 5.49. The Bertz CT molecular complexity index is 295. The largest absolute Gasteiger partial charge is 0.330 e. The number of hydrogen-bond acceptors (Lipinski definition) is 4. The monoisotopic (exact) mass is 196 g/mol. The lowest BCUT2D eigenvalue weighted by molar-refractivity contribution is -0.118. The Kier molecular flexibility index (Phi) is 4.25. The molecule has 0 atom stereocenters. The lowest BCUT2D eigenvalue weighted by Crippen LogP contribution is -2.11. The average Bonchev–Trinajstić information content (AvgIpc) is 2.62. The molecule has 5 heteroatoms. The van der Waals surface area contributed by atoms with Gasteiger partial charge in [0.05, 0.1) is 6.42 Å². The molecule has 0 spiro atoms. The number of Topliss-reactive ketones (excluding diaryl/α,β-unsaturated/α-hetero) is 1. The van der Waals surface area contributed by atoms with Gasteiger partial charge < -0.3 is 5.73 Å². The molecule has 0 aliphatic heterocycles. The van der Waals surface area contributed by atoms with Crippen LogP contribution in [-0.4, -0.2) is 27.1 Å². The number of ketones is 1. The number of carbonyl (C=O) groups excluding carboxylic acids is 1. The molecular formula is C9H16N4O. The number of carbonyl (C=O) groups is 1. The van der Waals surface area contributed by atoms with Gasteiger partial charge in [-0.05, 0) is 19.9 Å². The molecule has 0 saturated heterocycles. The van der Waals surface area contributed by atoms with Crippen LogP contribution in [0.3, 0.4) is 0 Å². The van der Waals surface area contributed by atoms with Crippen LogP contribution in [-0.2, 0) is 17.8 Å². The van der Waals surface area contributed by atoms with Gasteiger partial charge in [0.25, 0.3) is 0 Å². The van der Waals surface area contributed by atoms with Gasteiger partial charge in [-0.15, -0.1) is 0 Å². The number of nitrogens with two attached hydrogens (primary N) is 1. The third-order valence-corrected chi connectivity index (χ3v) is 2.01. The van der Waals surface area contributed by atoms with Crippen LogP contribution in [0.4, 0.5) is 0 Å². The Labute approximate surface area is 83.3 Å². The van der Waals surface area contributed by atoms with Crippen molar-refractivity contribution < 1.29 is 4.79 Å². The summed E-state index contributed by atoms with van der Waals surface area (Å²) >= 11 is 0. The van der Waals surface area contributed by atoms with Gasteiger partial charge in [-0.3, -0.25) is 4.79 Å². The van der Waals surface area contributed by atoms with Crippen LogP contribution in [0.15, 0.2) is 6.33 Å². The fraction of sp³-hybridized carbons (Fsp3) is 0.667. The minimum atomic E-state index is 0.179. The molecule has 0 aromatic carbocycles. The second-order valence-corrected chi connectivity index (χ2v) is 3.10. The Morgan fingerprint density at radius 2 is 2.43 bits per heavy atom. The third kappa shape index (κ3) is 2.92. The normalized spacial score (nSPS) is 10.4. The van der Waals surface area contributed by atoms with Gasteiger partial charge in [0.2, 0.25) is 0 Å².